The lowest BCUT2D eigenvalue weighted by Crippen LogP contribution is -2.13. The highest BCUT2D eigenvalue weighted by molar-refractivity contribution is 7.91. The summed E-state index contributed by atoms with van der Waals surface area (Å²) in [7, 11) is -3.52. The van der Waals surface area contributed by atoms with E-state index in [2.05, 4.69) is 5.10 Å². The van der Waals surface area contributed by atoms with E-state index in [9.17, 15) is 18.5 Å². The Morgan fingerprint density at radius 3 is 2.45 bits per heavy atom. The predicted octanol–water partition coefficient (Wildman–Crippen LogP) is 1.92. The molecule has 0 bridgehead atoms. The van der Waals surface area contributed by atoms with E-state index in [1.54, 1.807) is 0 Å². The Morgan fingerprint density at radius 2 is 1.95 bits per heavy atom. The second kappa shape index (κ2) is 5.59. The molecule has 7 nitrogen and oxygen atoms in total. The van der Waals surface area contributed by atoms with E-state index >= 15 is 0 Å². The van der Waals surface area contributed by atoms with Crippen molar-refractivity contribution >= 4 is 27.1 Å². The second-order valence-electron chi connectivity index (χ2n) is 3.99. The summed E-state index contributed by atoms with van der Waals surface area (Å²) in [6.45, 7) is 0.159. The van der Waals surface area contributed by atoms with Gasteiger partial charge in [0, 0.05) is 18.3 Å². The van der Waals surface area contributed by atoms with Gasteiger partial charge < -0.3 is 0 Å². The number of nitro groups is 1. The van der Waals surface area contributed by atoms with Crippen LogP contribution >= 0.6 is 11.6 Å². The van der Waals surface area contributed by atoms with Crippen molar-refractivity contribution in [3.05, 3.63) is 51.8 Å². The molecule has 0 amide bonds. The molecule has 0 N–H and O–H groups in total. The Bertz CT molecular complexity index is 724. The molecule has 1 aromatic carbocycles. The first kappa shape index (κ1) is 14.5. The van der Waals surface area contributed by atoms with Crippen LogP contribution < -0.4 is 0 Å². The molecule has 2 aromatic rings. The fourth-order valence-corrected chi connectivity index (χ4v) is 2.94. The summed E-state index contributed by atoms with van der Waals surface area (Å²) < 4.78 is 25.5. The molecule has 0 atom stereocenters. The lowest BCUT2D eigenvalue weighted by molar-refractivity contribution is -0.384. The van der Waals surface area contributed by atoms with Crippen molar-refractivity contribution in [3.63, 3.8) is 0 Å². The van der Waals surface area contributed by atoms with Gasteiger partial charge in [-0.05, 0) is 12.1 Å². The molecule has 0 aliphatic carbocycles. The predicted molar refractivity (Wildman–Crippen MR) is 72.4 cm³/mol. The molecular weight excluding hydrogens is 306 g/mol. The van der Waals surface area contributed by atoms with Crippen molar-refractivity contribution in [2.45, 2.75) is 11.4 Å². The van der Waals surface area contributed by atoms with Gasteiger partial charge in [0.15, 0.2) is 9.84 Å². The minimum Gasteiger partial charge on any atom is -0.270 e. The van der Waals surface area contributed by atoms with Crippen LogP contribution in [0.5, 0.6) is 0 Å². The Balaban J connectivity index is 2.11. The number of aromatic nitrogens is 2. The summed E-state index contributed by atoms with van der Waals surface area (Å²) in [4.78, 5) is 9.97. The van der Waals surface area contributed by atoms with Crippen LogP contribution in [0.3, 0.4) is 0 Å². The lowest BCUT2D eigenvalue weighted by atomic mass is 10.3. The summed E-state index contributed by atoms with van der Waals surface area (Å²) in [6.07, 6.45) is 2.94. The first-order valence-electron chi connectivity index (χ1n) is 5.54. The van der Waals surface area contributed by atoms with Crippen molar-refractivity contribution in [2.75, 3.05) is 5.75 Å². The van der Waals surface area contributed by atoms with Gasteiger partial charge in [-0.1, -0.05) is 11.6 Å². The van der Waals surface area contributed by atoms with Crippen LogP contribution in [0.15, 0.2) is 41.6 Å². The van der Waals surface area contributed by atoms with Crippen LogP contribution in [-0.4, -0.2) is 28.9 Å². The van der Waals surface area contributed by atoms with Crippen LogP contribution in [0.2, 0.25) is 5.02 Å². The first-order chi connectivity index (χ1) is 9.38. The standard InChI is InChI=1S/C11H10ClN3O4S/c12-9-7-13-14(8-9)5-6-20(18,19)11-3-1-10(2-4-11)15(16)17/h1-4,7-8H,5-6H2. The molecule has 106 valence electrons. The molecule has 0 saturated carbocycles. The highest BCUT2D eigenvalue weighted by Crippen LogP contribution is 2.17. The number of sulfone groups is 1. The molecule has 20 heavy (non-hydrogen) atoms. The van der Waals surface area contributed by atoms with Gasteiger partial charge in [-0.15, -0.1) is 0 Å². The number of hydrogen-bond donors (Lipinski definition) is 0. The van der Waals surface area contributed by atoms with Gasteiger partial charge in [0.05, 0.1) is 33.3 Å². The highest BCUT2D eigenvalue weighted by atomic mass is 35.5. The van der Waals surface area contributed by atoms with Gasteiger partial charge in [0.2, 0.25) is 0 Å². The molecule has 0 saturated heterocycles. The molecule has 0 unspecified atom stereocenters. The third kappa shape index (κ3) is 3.34. The monoisotopic (exact) mass is 315 g/mol. The number of nitrogens with zero attached hydrogens (tertiary/aromatic N) is 3. The van der Waals surface area contributed by atoms with E-state index in [4.69, 9.17) is 11.6 Å². The van der Waals surface area contributed by atoms with E-state index < -0.39 is 14.8 Å². The summed E-state index contributed by atoms with van der Waals surface area (Å²) in [5, 5.41) is 14.8. The summed E-state index contributed by atoms with van der Waals surface area (Å²) in [6, 6.07) is 4.78. The molecular formula is C11H10ClN3O4S. The topological polar surface area (TPSA) is 95.1 Å². The van der Waals surface area contributed by atoms with Crippen LogP contribution in [0.1, 0.15) is 0 Å². The van der Waals surface area contributed by atoms with E-state index in [0.717, 1.165) is 12.1 Å². The van der Waals surface area contributed by atoms with E-state index in [1.807, 2.05) is 0 Å². The number of non-ortho nitro benzene ring substituents is 1. The zero-order valence-electron chi connectivity index (χ0n) is 10.1. The number of halogens is 1. The van der Waals surface area contributed by atoms with E-state index in [1.165, 1.54) is 29.2 Å². The first-order valence-corrected chi connectivity index (χ1v) is 7.57. The molecule has 0 fully saturated rings. The van der Waals surface area contributed by atoms with Gasteiger partial charge in [-0.25, -0.2) is 8.42 Å². The summed E-state index contributed by atoms with van der Waals surface area (Å²) >= 11 is 5.68. The average Bonchev–Trinajstić information content (AvgIpc) is 2.82. The molecule has 9 heteroatoms. The minimum absolute atomic E-state index is 0.0429. The normalized spacial score (nSPS) is 11.4. The maximum atomic E-state index is 12.0. The Labute approximate surface area is 119 Å². The average molecular weight is 316 g/mol. The molecule has 0 spiro atoms. The van der Waals surface area contributed by atoms with Crippen molar-refractivity contribution in [1.29, 1.82) is 0 Å². The molecule has 0 radical (unpaired) electrons. The van der Waals surface area contributed by atoms with Crippen LogP contribution in [-0.2, 0) is 16.4 Å². The quantitative estimate of drug-likeness (QED) is 0.620. The largest absolute Gasteiger partial charge is 0.270 e. The molecule has 1 aromatic heterocycles. The SMILES string of the molecule is O=[N+]([O-])c1ccc(S(=O)(=O)CCn2cc(Cl)cn2)cc1. The third-order valence-electron chi connectivity index (χ3n) is 2.60. The zero-order valence-corrected chi connectivity index (χ0v) is 11.7. The van der Waals surface area contributed by atoms with Gasteiger partial charge in [0.1, 0.15) is 0 Å². The van der Waals surface area contributed by atoms with Crippen LogP contribution in [0.4, 0.5) is 5.69 Å². The Morgan fingerprint density at radius 1 is 1.30 bits per heavy atom. The van der Waals surface area contributed by atoms with Crippen molar-refractivity contribution in [3.8, 4) is 0 Å². The molecule has 1 heterocycles. The van der Waals surface area contributed by atoms with Gasteiger partial charge >= 0.3 is 0 Å². The molecule has 0 aliphatic heterocycles. The molecule has 0 aliphatic rings. The minimum atomic E-state index is -3.52. The maximum Gasteiger partial charge on any atom is 0.269 e. The number of hydrogen-bond acceptors (Lipinski definition) is 5. The second-order valence-corrected chi connectivity index (χ2v) is 6.54. The van der Waals surface area contributed by atoms with Crippen molar-refractivity contribution in [1.82, 2.24) is 9.78 Å². The molecule has 2 rings (SSSR count). The lowest BCUT2D eigenvalue weighted by Gasteiger charge is -2.04. The Hall–Kier alpha value is -1.93. The van der Waals surface area contributed by atoms with Crippen molar-refractivity contribution < 1.29 is 13.3 Å². The maximum absolute atomic E-state index is 12.0. The number of benzene rings is 1. The summed E-state index contributed by atoms with van der Waals surface area (Å²) in [5.41, 5.74) is -0.150. The van der Waals surface area contributed by atoms with Crippen LogP contribution in [0, 0.1) is 10.1 Å². The Kier molecular flexibility index (Phi) is 4.05. The van der Waals surface area contributed by atoms with Gasteiger partial charge in [-0.2, -0.15) is 5.10 Å². The number of nitro benzene ring substituents is 1. The fourth-order valence-electron chi connectivity index (χ4n) is 1.57. The summed E-state index contributed by atoms with van der Waals surface area (Å²) in [5.74, 6) is -0.164. The zero-order chi connectivity index (χ0) is 14.8. The third-order valence-corrected chi connectivity index (χ3v) is 4.50. The fraction of sp³-hybridized carbons (Fsp3) is 0.182. The van der Waals surface area contributed by atoms with Crippen LogP contribution in [0.25, 0.3) is 0 Å². The number of rotatable bonds is 5. The number of aryl methyl sites for hydroxylation is 1. The van der Waals surface area contributed by atoms with Gasteiger partial charge in [0.25, 0.3) is 5.69 Å². The van der Waals surface area contributed by atoms with Gasteiger partial charge in [-0.3, -0.25) is 14.8 Å². The van der Waals surface area contributed by atoms with E-state index in [-0.39, 0.29) is 22.9 Å². The highest BCUT2D eigenvalue weighted by Gasteiger charge is 2.16. The smallest absolute Gasteiger partial charge is 0.269 e. The van der Waals surface area contributed by atoms with E-state index in [0.29, 0.717) is 5.02 Å². The van der Waals surface area contributed by atoms with Crippen molar-refractivity contribution in [2.24, 2.45) is 0 Å².